The van der Waals surface area contributed by atoms with Crippen LogP contribution in [0.25, 0.3) is 0 Å². The third kappa shape index (κ3) is 3.89. The molecule has 0 saturated heterocycles. The molecule has 0 radical (unpaired) electrons. The third-order valence-corrected chi connectivity index (χ3v) is 4.10. The molecule has 0 saturated carbocycles. The highest BCUT2D eigenvalue weighted by molar-refractivity contribution is 7.99. The summed E-state index contributed by atoms with van der Waals surface area (Å²) in [4.78, 5) is 20.8. The van der Waals surface area contributed by atoms with Gasteiger partial charge in [0.15, 0.2) is 0 Å². The maximum Gasteiger partial charge on any atom is 0.316 e. The van der Waals surface area contributed by atoms with Crippen LogP contribution in [0, 0.1) is 10.1 Å². The van der Waals surface area contributed by atoms with Crippen LogP contribution in [-0.4, -0.2) is 21.2 Å². The van der Waals surface area contributed by atoms with Gasteiger partial charge >= 0.3 is 5.97 Å². The Morgan fingerprint density at radius 2 is 2.28 bits per heavy atom. The summed E-state index contributed by atoms with van der Waals surface area (Å²) in [6, 6.07) is 4.20. The molecule has 98 valence electrons. The average Bonchev–Trinajstić information content (AvgIpc) is 2.30. The highest BCUT2D eigenvalue weighted by Crippen LogP contribution is 2.28. The number of non-ortho nitro benzene ring substituents is 1. The number of hydrogen-bond acceptors (Lipinski definition) is 4. The van der Waals surface area contributed by atoms with Gasteiger partial charge in [-0.2, -0.15) is 0 Å². The predicted octanol–water partition coefficient (Wildman–Crippen LogP) is 3.34. The van der Waals surface area contributed by atoms with E-state index in [2.05, 4.69) is 0 Å². The number of rotatable bonds is 6. The van der Waals surface area contributed by atoms with Gasteiger partial charge in [-0.15, -0.1) is 11.8 Å². The number of hydrogen-bond donors (Lipinski definition) is 1. The zero-order valence-electron chi connectivity index (χ0n) is 9.63. The molecule has 18 heavy (non-hydrogen) atoms. The second-order valence-corrected chi connectivity index (χ2v) is 5.18. The smallest absolute Gasteiger partial charge is 0.316 e. The summed E-state index contributed by atoms with van der Waals surface area (Å²) in [6.45, 7) is 1.79. The van der Waals surface area contributed by atoms with Crippen LogP contribution in [0.5, 0.6) is 0 Å². The molecular weight excluding hydrogens is 278 g/mol. The zero-order valence-corrected chi connectivity index (χ0v) is 11.2. The molecule has 7 heteroatoms. The van der Waals surface area contributed by atoms with Crippen LogP contribution in [0.4, 0.5) is 5.69 Å². The highest BCUT2D eigenvalue weighted by Gasteiger charge is 2.16. The topological polar surface area (TPSA) is 80.4 Å². The monoisotopic (exact) mass is 289 g/mol. The lowest BCUT2D eigenvalue weighted by Crippen LogP contribution is -2.15. The van der Waals surface area contributed by atoms with Crippen LogP contribution < -0.4 is 0 Å². The first-order chi connectivity index (χ1) is 8.45. The molecule has 0 spiro atoms. The lowest BCUT2D eigenvalue weighted by atomic mass is 10.2. The molecule has 0 aliphatic heterocycles. The van der Waals surface area contributed by atoms with Crippen LogP contribution >= 0.6 is 23.4 Å². The number of nitro benzene ring substituents is 1. The van der Waals surface area contributed by atoms with E-state index in [1.54, 1.807) is 13.0 Å². The number of thioether (sulfide) groups is 1. The maximum atomic E-state index is 10.8. The fourth-order valence-electron chi connectivity index (χ4n) is 1.32. The van der Waals surface area contributed by atoms with Gasteiger partial charge in [-0.1, -0.05) is 18.5 Å². The number of nitrogens with zero attached hydrogens (tertiary/aromatic N) is 1. The molecule has 1 rings (SSSR count). The maximum absolute atomic E-state index is 10.8. The second-order valence-electron chi connectivity index (χ2n) is 3.58. The number of aliphatic carboxylic acids is 1. The molecule has 0 fully saturated rings. The molecule has 1 N–H and O–H groups in total. The van der Waals surface area contributed by atoms with E-state index in [0.29, 0.717) is 17.7 Å². The summed E-state index contributed by atoms with van der Waals surface area (Å²) in [5.41, 5.74) is 0.631. The zero-order chi connectivity index (χ0) is 13.7. The standard InChI is InChI=1S/C11H12ClNO4S/c1-2-10(11(14)15)18-6-7-3-4-8(13(16)17)5-9(7)12/h3-5,10H,2,6H2,1H3,(H,14,15). The van der Waals surface area contributed by atoms with Crippen molar-refractivity contribution in [2.75, 3.05) is 0 Å². The Bertz CT molecular complexity index is 466. The largest absolute Gasteiger partial charge is 0.480 e. The van der Waals surface area contributed by atoms with E-state index >= 15 is 0 Å². The first-order valence-electron chi connectivity index (χ1n) is 5.23. The van der Waals surface area contributed by atoms with Gasteiger partial charge in [0.2, 0.25) is 0 Å². The number of carboxylic acids is 1. The van der Waals surface area contributed by atoms with E-state index in [1.165, 1.54) is 23.9 Å². The fraction of sp³-hybridized carbons (Fsp3) is 0.364. The van der Waals surface area contributed by atoms with Crippen molar-refractivity contribution in [3.05, 3.63) is 38.9 Å². The Labute approximate surface area is 113 Å². The van der Waals surface area contributed by atoms with Crippen LogP contribution in [0.3, 0.4) is 0 Å². The molecule has 0 aliphatic carbocycles. The summed E-state index contributed by atoms with van der Waals surface area (Å²) in [5, 5.41) is 19.2. The van der Waals surface area contributed by atoms with E-state index in [0.717, 1.165) is 0 Å². The van der Waals surface area contributed by atoms with Crippen LogP contribution in [0.15, 0.2) is 18.2 Å². The Hall–Kier alpha value is -1.27. The fourth-order valence-corrected chi connectivity index (χ4v) is 2.65. The molecule has 0 aromatic heterocycles. The van der Waals surface area contributed by atoms with Crippen LogP contribution in [0.1, 0.15) is 18.9 Å². The molecule has 1 atom stereocenters. The van der Waals surface area contributed by atoms with Gasteiger partial charge in [-0.3, -0.25) is 14.9 Å². The average molecular weight is 290 g/mol. The van der Waals surface area contributed by atoms with E-state index in [1.807, 2.05) is 0 Å². The van der Waals surface area contributed by atoms with Gasteiger partial charge in [0.25, 0.3) is 5.69 Å². The lowest BCUT2D eigenvalue weighted by molar-refractivity contribution is -0.384. The number of carboxylic acid groups (broad SMARTS) is 1. The summed E-state index contributed by atoms with van der Waals surface area (Å²) >= 11 is 7.17. The van der Waals surface area contributed by atoms with Crippen molar-refractivity contribution in [3.63, 3.8) is 0 Å². The van der Waals surface area contributed by atoms with Crippen LogP contribution in [-0.2, 0) is 10.5 Å². The van der Waals surface area contributed by atoms with Gasteiger partial charge in [0, 0.05) is 17.9 Å². The predicted molar refractivity (Wildman–Crippen MR) is 71.1 cm³/mol. The van der Waals surface area contributed by atoms with Crippen molar-refractivity contribution in [3.8, 4) is 0 Å². The first-order valence-corrected chi connectivity index (χ1v) is 6.65. The third-order valence-electron chi connectivity index (χ3n) is 2.33. The molecule has 0 aliphatic rings. The summed E-state index contributed by atoms with van der Waals surface area (Å²) in [6.07, 6.45) is 0.518. The van der Waals surface area contributed by atoms with Gasteiger partial charge in [0.1, 0.15) is 5.25 Å². The van der Waals surface area contributed by atoms with E-state index in [-0.39, 0.29) is 10.7 Å². The molecule has 5 nitrogen and oxygen atoms in total. The minimum absolute atomic E-state index is 0.0703. The van der Waals surface area contributed by atoms with Crippen LogP contribution in [0.2, 0.25) is 5.02 Å². The van der Waals surface area contributed by atoms with Crippen molar-refractivity contribution in [2.45, 2.75) is 24.3 Å². The Morgan fingerprint density at radius 1 is 1.61 bits per heavy atom. The van der Waals surface area contributed by atoms with E-state index in [9.17, 15) is 14.9 Å². The van der Waals surface area contributed by atoms with Gasteiger partial charge in [0.05, 0.1) is 9.95 Å². The lowest BCUT2D eigenvalue weighted by Gasteiger charge is -2.10. The molecular formula is C11H12ClNO4S. The van der Waals surface area contributed by atoms with Gasteiger partial charge < -0.3 is 5.11 Å². The Morgan fingerprint density at radius 3 is 2.72 bits per heavy atom. The van der Waals surface area contributed by atoms with Gasteiger partial charge in [-0.25, -0.2) is 0 Å². The van der Waals surface area contributed by atoms with E-state index in [4.69, 9.17) is 16.7 Å². The normalized spacial score (nSPS) is 12.1. The molecule has 0 bridgehead atoms. The molecule has 1 aromatic carbocycles. The minimum Gasteiger partial charge on any atom is -0.480 e. The van der Waals surface area contributed by atoms with Crippen molar-refractivity contribution >= 4 is 35.0 Å². The quantitative estimate of drug-likeness (QED) is 0.641. The Kier molecular flexibility index (Phi) is 5.43. The van der Waals surface area contributed by atoms with Crippen molar-refractivity contribution in [1.82, 2.24) is 0 Å². The summed E-state index contributed by atoms with van der Waals surface area (Å²) < 4.78 is 0. The number of carbonyl (C=O) groups is 1. The molecule has 1 unspecified atom stereocenters. The van der Waals surface area contributed by atoms with Crippen molar-refractivity contribution in [1.29, 1.82) is 0 Å². The van der Waals surface area contributed by atoms with Crippen molar-refractivity contribution < 1.29 is 14.8 Å². The second kappa shape index (κ2) is 6.61. The number of nitro groups is 1. The molecule has 0 amide bonds. The number of halogens is 1. The first kappa shape index (κ1) is 14.8. The molecule has 0 heterocycles. The highest BCUT2D eigenvalue weighted by atomic mass is 35.5. The van der Waals surface area contributed by atoms with Crippen molar-refractivity contribution in [2.24, 2.45) is 0 Å². The SMILES string of the molecule is CCC(SCc1ccc([N+](=O)[O-])cc1Cl)C(=O)O. The van der Waals surface area contributed by atoms with Gasteiger partial charge in [-0.05, 0) is 18.1 Å². The summed E-state index contributed by atoms with van der Waals surface area (Å²) in [7, 11) is 0. The minimum atomic E-state index is -0.861. The summed E-state index contributed by atoms with van der Waals surface area (Å²) in [5.74, 6) is -0.442. The Balaban J connectivity index is 2.74. The van der Waals surface area contributed by atoms with E-state index < -0.39 is 16.1 Å². The number of benzene rings is 1. The molecule has 1 aromatic rings.